The van der Waals surface area contributed by atoms with Crippen LogP contribution in [0.3, 0.4) is 0 Å². The summed E-state index contributed by atoms with van der Waals surface area (Å²) in [7, 11) is 0. The molecule has 0 amide bonds. The van der Waals surface area contributed by atoms with Gasteiger partial charge in [-0.2, -0.15) is 0 Å². The maximum absolute atomic E-state index is 10.6. The van der Waals surface area contributed by atoms with E-state index in [1.54, 1.807) is 0 Å². The van der Waals surface area contributed by atoms with E-state index in [2.05, 4.69) is 34.7 Å². The normalized spacial score (nSPS) is 11.2. The second-order valence-electron chi connectivity index (χ2n) is 4.46. The zero-order valence-corrected chi connectivity index (χ0v) is 12.8. The number of hydrogen-bond acceptors (Lipinski definition) is 2. The minimum atomic E-state index is -0.769. The first-order valence-electron chi connectivity index (χ1n) is 5.80. The molecule has 0 radical (unpaired) electrons. The maximum atomic E-state index is 10.6. The standard InChI is InChI=1S/C13H17BrClNO2/c1-9(2)16(6-5-13(17)18)8-10-3-4-11(14)12(15)7-10/h3-4,7,9H,5-6,8H2,1-2H3,(H,17,18). The highest BCUT2D eigenvalue weighted by molar-refractivity contribution is 9.10. The first-order valence-corrected chi connectivity index (χ1v) is 6.97. The molecule has 0 saturated heterocycles. The fourth-order valence-corrected chi connectivity index (χ4v) is 2.08. The number of halogens is 2. The van der Waals surface area contributed by atoms with Crippen LogP contribution in [-0.4, -0.2) is 28.6 Å². The van der Waals surface area contributed by atoms with Crippen LogP contribution >= 0.6 is 27.5 Å². The van der Waals surface area contributed by atoms with Gasteiger partial charge in [0.15, 0.2) is 0 Å². The number of nitrogens with zero attached hydrogens (tertiary/aromatic N) is 1. The molecular formula is C13H17BrClNO2. The lowest BCUT2D eigenvalue weighted by Gasteiger charge is -2.26. The van der Waals surface area contributed by atoms with Gasteiger partial charge in [-0.1, -0.05) is 17.7 Å². The van der Waals surface area contributed by atoms with Crippen molar-refractivity contribution in [3.05, 3.63) is 33.3 Å². The topological polar surface area (TPSA) is 40.5 Å². The summed E-state index contributed by atoms with van der Waals surface area (Å²) in [6, 6.07) is 6.10. The van der Waals surface area contributed by atoms with E-state index >= 15 is 0 Å². The van der Waals surface area contributed by atoms with Crippen molar-refractivity contribution >= 4 is 33.5 Å². The zero-order valence-electron chi connectivity index (χ0n) is 10.5. The Bertz CT molecular complexity index is 423. The number of carboxylic acids is 1. The number of carbonyl (C=O) groups is 1. The lowest BCUT2D eigenvalue weighted by atomic mass is 10.2. The fraction of sp³-hybridized carbons (Fsp3) is 0.462. The molecule has 5 heteroatoms. The Morgan fingerprint density at radius 3 is 2.67 bits per heavy atom. The third-order valence-electron chi connectivity index (χ3n) is 2.71. The Hall–Kier alpha value is -0.580. The molecule has 0 spiro atoms. The van der Waals surface area contributed by atoms with E-state index in [9.17, 15) is 4.79 Å². The van der Waals surface area contributed by atoms with Crippen LogP contribution < -0.4 is 0 Å². The van der Waals surface area contributed by atoms with Gasteiger partial charge in [-0.25, -0.2) is 0 Å². The van der Waals surface area contributed by atoms with E-state index in [1.165, 1.54) is 0 Å². The summed E-state index contributed by atoms with van der Waals surface area (Å²) in [5.41, 5.74) is 1.09. The maximum Gasteiger partial charge on any atom is 0.304 e. The first-order chi connectivity index (χ1) is 8.40. The zero-order chi connectivity index (χ0) is 13.7. The highest BCUT2D eigenvalue weighted by Crippen LogP contribution is 2.24. The minimum Gasteiger partial charge on any atom is -0.481 e. The van der Waals surface area contributed by atoms with Gasteiger partial charge in [0.25, 0.3) is 0 Å². The average Bonchev–Trinajstić information content (AvgIpc) is 2.28. The Labute approximate surface area is 121 Å². The SMILES string of the molecule is CC(C)N(CCC(=O)O)Cc1ccc(Br)c(Cl)c1. The molecule has 0 aliphatic rings. The van der Waals surface area contributed by atoms with Crippen molar-refractivity contribution in [2.24, 2.45) is 0 Å². The van der Waals surface area contributed by atoms with Gasteiger partial charge in [0, 0.05) is 23.6 Å². The molecule has 0 fully saturated rings. The Balaban J connectivity index is 2.70. The summed E-state index contributed by atoms with van der Waals surface area (Å²) < 4.78 is 0.870. The predicted octanol–water partition coefficient (Wildman–Crippen LogP) is 3.79. The molecule has 0 bridgehead atoms. The fourth-order valence-electron chi connectivity index (χ4n) is 1.63. The van der Waals surface area contributed by atoms with E-state index in [0.29, 0.717) is 24.2 Å². The number of carboxylic acid groups (broad SMARTS) is 1. The second-order valence-corrected chi connectivity index (χ2v) is 5.72. The molecule has 0 unspecified atom stereocenters. The summed E-state index contributed by atoms with van der Waals surface area (Å²) in [4.78, 5) is 12.7. The van der Waals surface area contributed by atoms with Crippen molar-refractivity contribution in [2.45, 2.75) is 32.9 Å². The van der Waals surface area contributed by atoms with E-state index < -0.39 is 5.97 Å². The van der Waals surface area contributed by atoms with Gasteiger partial charge >= 0.3 is 5.97 Å². The summed E-state index contributed by atoms with van der Waals surface area (Å²) >= 11 is 9.40. The van der Waals surface area contributed by atoms with Crippen molar-refractivity contribution < 1.29 is 9.90 Å². The minimum absolute atomic E-state index is 0.155. The molecule has 1 rings (SSSR count). The van der Waals surface area contributed by atoms with E-state index in [-0.39, 0.29) is 6.42 Å². The lowest BCUT2D eigenvalue weighted by molar-refractivity contribution is -0.137. The number of benzene rings is 1. The third kappa shape index (κ3) is 4.96. The molecule has 100 valence electrons. The highest BCUT2D eigenvalue weighted by atomic mass is 79.9. The summed E-state index contributed by atoms with van der Waals surface area (Å²) in [5, 5.41) is 9.41. The molecule has 0 aromatic heterocycles. The van der Waals surface area contributed by atoms with E-state index in [4.69, 9.17) is 16.7 Å². The van der Waals surface area contributed by atoms with Crippen LogP contribution in [-0.2, 0) is 11.3 Å². The quantitative estimate of drug-likeness (QED) is 0.860. The molecule has 3 nitrogen and oxygen atoms in total. The summed E-state index contributed by atoms with van der Waals surface area (Å²) in [6.45, 7) is 5.36. The van der Waals surface area contributed by atoms with Crippen molar-refractivity contribution in [1.29, 1.82) is 0 Å². The molecule has 1 aromatic carbocycles. The molecule has 0 saturated carbocycles. The van der Waals surface area contributed by atoms with E-state index in [1.807, 2.05) is 18.2 Å². The Morgan fingerprint density at radius 1 is 1.50 bits per heavy atom. The number of hydrogen-bond donors (Lipinski definition) is 1. The second kappa shape index (κ2) is 7.12. The summed E-state index contributed by atoms with van der Waals surface area (Å²) in [5.74, 6) is -0.769. The molecule has 1 N–H and O–H groups in total. The van der Waals surface area contributed by atoms with Crippen molar-refractivity contribution in [1.82, 2.24) is 4.90 Å². The molecule has 0 heterocycles. The van der Waals surface area contributed by atoms with Crippen LogP contribution in [0.15, 0.2) is 22.7 Å². The van der Waals surface area contributed by atoms with Crippen molar-refractivity contribution in [2.75, 3.05) is 6.54 Å². The van der Waals surface area contributed by atoms with Gasteiger partial charge in [-0.3, -0.25) is 9.69 Å². The van der Waals surface area contributed by atoms with Gasteiger partial charge < -0.3 is 5.11 Å². The van der Waals surface area contributed by atoms with Crippen molar-refractivity contribution in [3.63, 3.8) is 0 Å². The average molecular weight is 335 g/mol. The number of aliphatic carboxylic acids is 1. The third-order valence-corrected chi connectivity index (χ3v) is 3.95. The first kappa shape index (κ1) is 15.5. The van der Waals surface area contributed by atoms with Gasteiger partial charge in [0.05, 0.1) is 11.4 Å². The Kier molecular flexibility index (Phi) is 6.12. The van der Waals surface area contributed by atoms with Gasteiger partial charge in [-0.15, -0.1) is 0 Å². The molecule has 0 atom stereocenters. The number of rotatable bonds is 6. The smallest absolute Gasteiger partial charge is 0.304 e. The van der Waals surface area contributed by atoms with E-state index in [0.717, 1.165) is 10.0 Å². The highest BCUT2D eigenvalue weighted by Gasteiger charge is 2.12. The molecule has 0 aliphatic carbocycles. The summed E-state index contributed by atoms with van der Waals surface area (Å²) in [6.07, 6.45) is 0.155. The molecular weight excluding hydrogens is 318 g/mol. The lowest BCUT2D eigenvalue weighted by Crippen LogP contribution is -2.32. The van der Waals surface area contributed by atoms with Gasteiger partial charge in [0.2, 0.25) is 0 Å². The van der Waals surface area contributed by atoms with Crippen molar-refractivity contribution in [3.8, 4) is 0 Å². The molecule has 0 aliphatic heterocycles. The van der Waals surface area contributed by atoms with Crippen LogP contribution in [0.2, 0.25) is 5.02 Å². The van der Waals surface area contributed by atoms with Crippen LogP contribution in [0.1, 0.15) is 25.8 Å². The van der Waals surface area contributed by atoms with Crippen LogP contribution in [0.25, 0.3) is 0 Å². The van der Waals surface area contributed by atoms with Crippen LogP contribution in [0.5, 0.6) is 0 Å². The largest absolute Gasteiger partial charge is 0.481 e. The molecule has 1 aromatic rings. The van der Waals surface area contributed by atoms with Gasteiger partial charge in [0.1, 0.15) is 0 Å². The monoisotopic (exact) mass is 333 g/mol. The van der Waals surface area contributed by atoms with Crippen LogP contribution in [0, 0.1) is 0 Å². The predicted molar refractivity (Wildman–Crippen MR) is 77.0 cm³/mol. The van der Waals surface area contributed by atoms with Gasteiger partial charge in [-0.05, 0) is 47.5 Å². The molecule has 18 heavy (non-hydrogen) atoms. The van der Waals surface area contributed by atoms with Crippen LogP contribution in [0.4, 0.5) is 0 Å². The Morgan fingerprint density at radius 2 is 2.17 bits per heavy atom.